The fourth-order valence-electron chi connectivity index (χ4n) is 3.92. The van der Waals surface area contributed by atoms with Crippen LogP contribution in [0.2, 0.25) is 0 Å². The van der Waals surface area contributed by atoms with E-state index >= 15 is 0 Å². The largest absolute Gasteiger partial charge is 0.493 e. The SMILES string of the molecule is COc1cccc(OC)c1OCC(=O)N[C@H]1CCCN(c2ncc3c(n2)CCOC3)C1. The highest BCUT2D eigenvalue weighted by Crippen LogP contribution is 2.36. The molecule has 0 saturated carbocycles. The molecule has 1 N–H and O–H groups in total. The smallest absolute Gasteiger partial charge is 0.258 e. The van der Waals surface area contributed by atoms with Crippen LogP contribution in [0.25, 0.3) is 0 Å². The van der Waals surface area contributed by atoms with E-state index in [-0.39, 0.29) is 18.6 Å². The first-order valence-corrected chi connectivity index (χ1v) is 10.5. The third kappa shape index (κ3) is 4.99. The highest BCUT2D eigenvalue weighted by atomic mass is 16.5. The molecule has 3 heterocycles. The molecule has 2 aromatic rings. The summed E-state index contributed by atoms with van der Waals surface area (Å²) >= 11 is 0. The summed E-state index contributed by atoms with van der Waals surface area (Å²) < 4.78 is 21.8. The summed E-state index contributed by atoms with van der Waals surface area (Å²) in [7, 11) is 3.10. The van der Waals surface area contributed by atoms with Crippen LogP contribution in [0.5, 0.6) is 17.2 Å². The molecule has 166 valence electrons. The molecule has 9 nitrogen and oxygen atoms in total. The summed E-state index contributed by atoms with van der Waals surface area (Å²) in [5.74, 6) is 1.98. The number of para-hydroxylation sites is 1. The van der Waals surface area contributed by atoms with Crippen LogP contribution in [0.4, 0.5) is 5.95 Å². The van der Waals surface area contributed by atoms with Gasteiger partial charge in [-0.05, 0) is 25.0 Å². The van der Waals surface area contributed by atoms with Gasteiger partial charge in [-0.3, -0.25) is 4.79 Å². The van der Waals surface area contributed by atoms with Gasteiger partial charge in [0.1, 0.15) is 0 Å². The topological polar surface area (TPSA) is 95.0 Å². The summed E-state index contributed by atoms with van der Waals surface area (Å²) in [6.07, 6.45) is 4.52. The van der Waals surface area contributed by atoms with Crippen molar-refractivity contribution in [2.24, 2.45) is 0 Å². The minimum Gasteiger partial charge on any atom is -0.493 e. The minimum absolute atomic E-state index is 0.00683. The lowest BCUT2D eigenvalue weighted by Gasteiger charge is -2.33. The Labute approximate surface area is 181 Å². The molecule has 0 spiro atoms. The Hall–Kier alpha value is -3.07. The first kappa shape index (κ1) is 21.2. The second-order valence-electron chi connectivity index (χ2n) is 7.58. The molecule has 4 rings (SSSR count). The lowest BCUT2D eigenvalue weighted by atomic mass is 10.1. The van der Waals surface area contributed by atoms with Crippen molar-refractivity contribution in [3.63, 3.8) is 0 Å². The minimum atomic E-state index is -0.191. The van der Waals surface area contributed by atoms with E-state index in [1.165, 1.54) is 0 Å². The second-order valence-corrected chi connectivity index (χ2v) is 7.58. The second kappa shape index (κ2) is 9.82. The molecule has 9 heteroatoms. The molecule has 0 aliphatic carbocycles. The normalized spacial score (nSPS) is 18.1. The molecule has 1 fully saturated rings. The Kier molecular flexibility index (Phi) is 6.71. The number of rotatable bonds is 7. The van der Waals surface area contributed by atoms with Gasteiger partial charge in [-0.1, -0.05) is 6.07 Å². The molecule has 0 bridgehead atoms. The van der Waals surface area contributed by atoms with E-state index in [0.717, 1.165) is 43.0 Å². The molecule has 1 saturated heterocycles. The fourth-order valence-corrected chi connectivity index (χ4v) is 3.92. The number of fused-ring (bicyclic) bond motifs is 1. The maximum atomic E-state index is 12.5. The number of amides is 1. The van der Waals surface area contributed by atoms with Gasteiger partial charge in [0.2, 0.25) is 11.7 Å². The average molecular weight is 428 g/mol. The molecule has 31 heavy (non-hydrogen) atoms. The van der Waals surface area contributed by atoms with Crippen molar-refractivity contribution in [3.8, 4) is 17.2 Å². The molecule has 1 atom stereocenters. The Morgan fingerprint density at radius 1 is 1.29 bits per heavy atom. The van der Waals surface area contributed by atoms with Crippen molar-refractivity contribution < 1.29 is 23.7 Å². The number of hydrogen-bond donors (Lipinski definition) is 1. The summed E-state index contributed by atoms with van der Waals surface area (Å²) in [6.45, 7) is 2.68. The van der Waals surface area contributed by atoms with E-state index in [0.29, 0.717) is 37.0 Å². The number of piperidine rings is 1. The van der Waals surface area contributed by atoms with Crippen LogP contribution < -0.4 is 24.4 Å². The first-order chi connectivity index (χ1) is 15.2. The van der Waals surface area contributed by atoms with Gasteiger partial charge in [0.15, 0.2) is 18.1 Å². The van der Waals surface area contributed by atoms with Gasteiger partial charge in [-0.2, -0.15) is 0 Å². The Balaban J connectivity index is 1.34. The number of aromatic nitrogens is 2. The van der Waals surface area contributed by atoms with Crippen LogP contribution in [0.1, 0.15) is 24.1 Å². The van der Waals surface area contributed by atoms with E-state index in [1.807, 2.05) is 6.20 Å². The monoisotopic (exact) mass is 428 g/mol. The number of anilines is 1. The summed E-state index contributed by atoms with van der Waals surface area (Å²) in [6, 6.07) is 5.34. The summed E-state index contributed by atoms with van der Waals surface area (Å²) in [4.78, 5) is 23.9. The molecule has 1 aromatic heterocycles. The lowest BCUT2D eigenvalue weighted by Crippen LogP contribution is -2.49. The Bertz CT molecular complexity index is 901. The van der Waals surface area contributed by atoms with Gasteiger partial charge in [0.05, 0.1) is 33.1 Å². The molecule has 0 radical (unpaired) electrons. The van der Waals surface area contributed by atoms with Gasteiger partial charge >= 0.3 is 0 Å². The molecule has 1 amide bonds. The van der Waals surface area contributed by atoms with Crippen LogP contribution in [-0.2, 0) is 22.6 Å². The number of carbonyl (C=O) groups is 1. The van der Waals surface area contributed by atoms with E-state index < -0.39 is 0 Å². The van der Waals surface area contributed by atoms with Crippen LogP contribution in [-0.4, -0.2) is 62.4 Å². The first-order valence-electron chi connectivity index (χ1n) is 10.5. The summed E-state index contributed by atoms with van der Waals surface area (Å²) in [5, 5.41) is 3.06. The number of nitrogens with zero attached hydrogens (tertiary/aromatic N) is 3. The third-order valence-electron chi connectivity index (χ3n) is 5.48. The predicted octanol–water partition coefficient (Wildman–Crippen LogP) is 1.73. The van der Waals surface area contributed by atoms with Crippen LogP contribution in [0.15, 0.2) is 24.4 Å². The van der Waals surface area contributed by atoms with Crippen LogP contribution in [0.3, 0.4) is 0 Å². The van der Waals surface area contributed by atoms with E-state index in [1.54, 1.807) is 32.4 Å². The number of methoxy groups -OCH3 is 2. The van der Waals surface area contributed by atoms with Crippen molar-refractivity contribution in [2.45, 2.75) is 31.9 Å². The highest BCUT2D eigenvalue weighted by molar-refractivity contribution is 5.78. The maximum absolute atomic E-state index is 12.5. The number of carbonyl (C=O) groups excluding carboxylic acids is 1. The molecule has 0 unspecified atom stereocenters. The van der Waals surface area contributed by atoms with Crippen molar-refractivity contribution in [2.75, 3.05) is 45.4 Å². The molecule has 2 aliphatic rings. The zero-order valence-corrected chi connectivity index (χ0v) is 17.9. The average Bonchev–Trinajstić information content (AvgIpc) is 2.82. The quantitative estimate of drug-likeness (QED) is 0.713. The van der Waals surface area contributed by atoms with Crippen molar-refractivity contribution >= 4 is 11.9 Å². The molecule has 1 aromatic carbocycles. The van der Waals surface area contributed by atoms with Crippen LogP contribution in [0, 0.1) is 0 Å². The highest BCUT2D eigenvalue weighted by Gasteiger charge is 2.25. The third-order valence-corrected chi connectivity index (χ3v) is 5.48. The van der Waals surface area contributed by atoms with Crippen LogP contribution >= 0.6 is 0 Å². The standard InChI is InChI=1S/C22H28N4O5/c1-28-18-6-3-7-19(29-2)21(18)31-14-20(27)24-16-5-4-9-26(12-16)22-23-11-15-13-30-10-8-17(15)25-22/h3,6-7,11,16H,4-5,8-10,12-14H2,1-2H3,(H,24,27)/t16-/m0/s1. The van der Waals surface area contributed by atoms with Gasteiger partial charge in [0.25, 0.3) is 5.91 Å². The molecule has 2 aliphatic heterocycles. The van der Waals surface area contributed by atoms with Gasteiger partial charge in [-0.25, -0.2) is 9.97 Å². The predicted molar refractivity (Wildman–Crippen MR) is 114 cm³/mol. The maximum Gasteiger partial charge on any atom is 0.258 e. The number of benzene rings is 1. The van der Waals surface area contributed by atoms with Gasteiger partial charge < -0.3 is 29.2 Å². The number of nitrogens with one attached hydrogen (secondary N) is 1. The van der Waals surface area contributed by atoms with Crippen molar-refractivity contribution in [1.29, 1.82) is 0 Å². The fraction of sp³-hybridized carbons (Fsp3) is 0.500. The van der Waals surface area contributed by atoms with E-state index in [9.17, 15) is 4.79 Å². The lowest BCUT2D eigenvalue weighted by molar-refractivity contribution is -0.123. The number of ether oxygens (including phenoxy) is 4. The molecular formula is C22H28N4O5. The van der Waals surface area contributed by atoms with Gasteiger partial charge in [0, 0.05) is 37.3 Å². The molecular weight excluding hydrogens is 400 g/mol. The van der Waals surface area contributed by atoms with Crippen molar-refractivity contribution in [3.05, 3.63) is 35.7 Å². The zero-order valence-electron chi connectivity index (χ0n) is 17.9. The van der Waals surface area contributed by atoms with Crippen molar-refractivity contribution in [1.82, 2.24) is 15.3 Å². The Morgan fingerprint density at radius 3 is 2.87 bits per heavy atom. The van der Waals surface area contributed by atoms with Gasteiger partial charge in [-0.15, -0.1) is 0 Å². The zero-order chi connectivity index (χ0) is 21.6. The summed E-state index contributed by atoms with van der Waals surface area (Å²) in [5.41, 5.74) is 2.11. The van der Waals surface area contributed by atoms with E-state index in [2.05, 4.69) is 15.2 Å². The number of hydrogen-bond acceptors (Lipinski definition) is 8. The Morgan fingerprint density at radius 2 is 2.10 bits per heavy atom. The van der Waals surface area contributed by atoms with E-state index in [4.69, 9.17) is 23.9 Å².